The van der Waals surface area contributed by atoms with Gasteiger partial charge in [-0.2, -0.15) is 0 Å². The summed E-state index contributed by atoms with van der Waals surface area (Å²) < 4.78 is 0. The molecule has 1 N–H and O–H groups in total. The molecular weight excluding hydrogens is 258 g/mol. The van der Waals surface area contributed by atoms with Gasteiger partial charge in [0.2, 0.25) is 0 Å². The van der Waals surface area contributed by atoms with Gasteiger partial charge in [0, 0.05) is 17.1 Å². The van der Waals surface area contributed by atoms with Gasteiger partial charge in [-0.05, 0) is 54.8 Å². The first kappa shape index (κ1) is 13.6. The monoisotopic (exact) mass is 273 g/mol. The van der Waals surface area contributed by atoms with Gasteiger partial charge in [0.05, 0.1) is 0 Å². The lowest BCUT2D eigenvalue weighted by Crippen LogP contribution is -2.12. The van der Waals surface area contributed by atoms with Crippen molar-refractivity contribution in [3.8, 4) is 0 Å². The molecule has 2 nitrogen and oxygen atoms in total. The number of benzene rings is 2. The van der Waals surface area contributed by atoms with Crippen LogP contribution in [0.25, 0.3) is 0 Å². The minimum Gasteiger partial charge on any atom is -0.322 e. The van der Waals surface area contributed by atoms with Crippen molar-refractivity contribution in [1.82, 2.24) is 0 Å². The number of carbonyl (C=O) groups is 1. The second kappa shape index (κ2) is 5.89. The smallest absolute Gasteiger partial charge is 0.255 e. The van der Waals surface area contributed by atoms with E-state index in [2.05, 4.69) is 5.32 Å². The molecule has 0 aliphatic heterocycles. The quantitative estimate of drug-likeness (QED) is 0.830. The number of amides is 1. The second-order valence-electron chi connectivity index (χ2n) is 4.59. The molecule has 0 bridgehead atoms. The highest BCUT2D eigenvalue weighted by Gasteiger charge is 2.07. The van der Waals surface area contributed by atoms with E-state index in [1.165, 1.54) is 5.56 Å². The van der Waals surface area contributed by atoms with Crippen LogP contribution in [0.15, 0.2) is 42.5 Å². The lowest BCUT2D eigenvalue weighted by atomic mass is 10.1. The summed E-state index contributed by atoms with van der Waals surface area (Å²) in [5.74, 6) is 0.336. The van der Waals surface area contributed by atoms with Crippen LogP contribution in [0.2, 0.25) is 0 Å². The molecule has 98 valence electrons. The molecule has 1 amide bonds. The number of nitrogens with one attached hydrogen (secondary N) is 1. The minimum absolute atomic E-state index is 0.102. The summed E-state index contributed by atoms with van der Waals surface area (Å²) in [6, 6.07) is 13.2. The fourth-order valence-corrected chi connectivity index (χ4v) is 1.98. The van der Waals surface area contributed by atoms with Crippen molar-refractivity contribution in [2.24, 2.45) is 0 Å². The Bertz CT molecular complexity index is 607. The van der Waals surface area contributed by atoms with E-state index in [9.17, 15) is 4.79 Å². The van der Waals surface area contributed by atoms with Gasteiger partial charge in [0.15, 0.2) is 0 Å². The van der Waals surface area contributed by atoms with E-state index < -0.39 is 0 Å². The Morgan fingerprint density at radius 3 is 2.58 bits per heavy atom. The van der Waals surface area contributed by atoms with Gasteiger partial charge in [0.1, 0.15) is 0 Å². The van der Waals surface area contributed by atoms with Crippen molar-refractivity contribution in [2.75, 3.05) is 5.32 Å². The third-order valence-corrected chi connectivity index (χ3v) is 3.42. The van der Waals surface area contributed by atoms with E-state index in [4.69, 9.17) is 11.6 Å². The van der Waals surface area contributed by atoms with Crippen molar-refractivity contribution < 1.29 is 4.79 Å². The Balaban J connectivity index is 2.18. The number of alkyl halides is 1. The van der Waals surface area contributed by atoms with Crippen LogP contribution < -0.4 is 5.32 Å². The molecule has 0 heterocycles. The molecule has 19 heavy (non-hydrogen) atoms. The number of hydrogen-bond donors (Lipinski definition) is 1. The van der Waals surface area contributed by atoms with Crippen LogP contribution in [0.5, 0.6) is 0 Å². The summed E-state index contributed by atoms with van der Waals surface area (Å²) in [6.07, 6.45) is 0. The topological polar surface area (TPSA) is 29.1 Å². The average molecular weight is 274 g/mol. The molecular formula is C16H16ClNO. The molecule has 0 atom stereocenters. The maximum atomic E-state index is 12.1. The van der Waals surface area contributed by atoms with Crippen LogP contribution in [0.3, 0.4) is 0 Å². The summed E-state index contributed by atoms with van der Waals surface area (Å²) >= 11 is 5.78. The van der Waals surface area contributed by atoms with Gasteiger partial charge >= 0.3 is 0 Å². The molecule has 0 radical (unpaired) electrons. The Kier molecular flexibility index (Phi) is 4.23. The van der Waals surface area contributed by atoms with Crippen LogP contribution in [-0.4, -0.2) is 5.91 Å². The molecule has 0 fully saturated rings. The summed E-state index contributed by atoms with van der Waals surface area (Å²) in [4.78, 5) is 12.1. The zero-order valence-electron chi connectivity index (χ0n) is 11.0. The standard InChI is InChI=1S/C16H16ClNO/c1-11-6-7-14(8-12(11)2)16(19)18-15-5-3-4-13(9-15)10-17/h3-9H,10H2,1-2H3,(H,18,19). The fourth-order valence-electron chi connectivity index (χ4n) is 1.82. The van der Waals surface area contributed by atoms with E-state index in [-0.39, 0.29) is 5.91 Å². The first-order valence-corrected chi connectivity index (χ1v) is 6.67. The van der Waals surface area contributed by atoms with Crippen molar-refractivity contribution in [2.45, 2.75) is 19.7 Å². The summed E-state index contributed by atoms with van der Waals surface area (Å²) in [5.41, 5.74) is 4.71. The third kappa shape index (κ3) is 3.36. The van der Waals surface area contributed by atoms with Crippen molar-refractivity contribution in [3.63, 3.8) is 0 Å². The Morgan fingerprint density at radius 1 is 1.11 bits per heavy atom. The normalized spacial score (nSPS) is 10.3. The number of carbonyl (C=O) groups excluding carboxylic acids is 1. The lowest BCUT2D eigenvalue weighted by molar-refractivity contribution is 0.102. The predicted octanol–water partition coefficient (Wildman–Crippen LogP) is 4.29. The molecule has 0 aromatic heterocycles. The Hall–Kier alpha value is -1.80. The first-order chi connectivity index (χ1) is 9.10. The van der Waals surface area contributed by atoms with Gasteiger partial charge in [-0.15, -0.1) is 11.6 Å². The number of anilines is 1. The molecule has 0 spiro atoms. The van der Waals surface area contributed by atoms with E-state index in [1.54, 1.807) is 0 Å². The highest BCUT2D eigenvalue weighted by atomic mass is 35.5. The van der Waals surface area contributed by atoms with Gasteiger partial charge in [0.25, 0.3) is 5.91 Å². The van der Waals surface area contributed by atoms with Crippen LogP contribution in [0.1, 0.15) is 27.0 Å². The first-order valence-electron chi connectivity index (χ1n) is 6.13. The molecule has 3 heteroatoms. The van der Waals surface area contributed by atoms with Crippen LogP contribution in [0.4, 0.5) is 5.69 Å². The molecule has 2 aromatic carbocycles. The third-order valence-electron chi connectivity index (χ3n) is 3.11. The molecule has 2 aromatic rings. The lowest BCUT2D eigenvalue weighted by Gasteiger charge is -2.08. The maximum Gasteiger partial charge on any atom is 0.255 e. The van der Waals surface area contributed by atoms with E-state index in [0.29, 0.717) is 11.4 Å². The largest absolute Gasteiger partial charge is 0.322 e. The van der Waals surface area contributed by atoms with Crippen LogP contribution in [0, 0.1) is 13.8 Å². The van der Waals surface area contributed by atoms with E-state index >= 15 is 0 Å². The van der Waals surface area contributed by atoms with E-state index in [1.807, 2.05) is 56.3 Å². The number of aryl methyl sites for hydroxylation is 2. The predicted molar refractivity (Wildman–Crippen MR) is 79.9 cm³/mol. The molecule has 0 saturated heterocycles. The van der Waals surface area contributed by atoms with Gasteiger partial charge in [-0.25, -0.2) is 0 Å². The van der Waals surface area contributed by atoms with Crippen LogP contribution in [-0.2, 0) is 5.88 Å². The number of halogens is 1. The van der Waals surface area contributed by atoms with Crippen molar-refractivity contribution >= 4 is 23.2 Å². The zero-order chi connectivity index (χ0) is 13.8. The zero-order valence-corrected chi connectivity index (χ0v) is 11.8. The molecule has 0 unspecified atom stereocenters. The Labute approximate surface area is 118 Å². The minimum atomic E-state index is -0.102. The molecule has 2 rings (SSSR count). The summed E-state index contributed by atoms with van der Waals surface area (Å²) in [6.45, 7) is 4.03. The van der Waals surface area contributed by atoms with Crippen molar-refractivity contribution in [3.05, 3.63) is 64.7 Å². The number of hydrogen-bond acceptors (Lipinski definition) is 1. The highest BCUT2D eigenvalue weighted by molar-refractivity contribution is 6.17. The molecule has 0 saturated carbocycles. The van der Waals surface area contributed by atoms with Crippen LogP contribution >= 0.6 is 11.6 Å². The van der Waals surface area contributed by atoms with Crippen molar-refractivity contribution in [1.29, 1.82) is 0 Å². The van der Waals surface area contributed by atoms with Gasteiger partial charge in [-0.3, -0.25) is 4.79 Å². The fraction of sp³-hybridized carbons (Fsp3) is 0.188. The Morgan fingerprint density at radius 2 is 1.89 bits per heavy atom. The highest BCUT2D eigenvalue weighted by Crippen LogP contribution is 2.15. The molecule has 0 aliphatic rings. The second-order valence-corrected chi connectivity index (χ2v) is 4.85. The van der Waals surface area contributed by atoms with Gasteiger partial charge < -0.3 is 5.32 Å². The summed E-state index contributed by atoms with van der Waals surface area (Å²) in [7, 11) is 0. The molecule has 0 aliphatic carbocycles. The maximum absolute atomic E-state index is 12.1. The average Bonchev–Trinajstić information content (AvgIpc) is 2.42. The van der Waals surface area contributed by atoms with Gasteiger partial charge in [-0.1, -0.05) is 18.2 Å². The summed E-state index contributed by atoms with van der Waals surface area (Å²) in [5, 5.41) is 2.88. The van der Waals surface area contributed by atoms with E-state index in [0.717, 1.165) is 16.8 Å². The SMILES string of the molecule is Cc1ccc(C(=O)Nc2cccc(CCl)c2)cc1C. The number of rotatable bonds is 3.